The SMILES string of the molecule is CC(C)(C(=O)Nc1ccccc1N1CCOCC1)c1c[nH]c2cc(F)ccc12. The molecule has 2 N–H and O–H groups in total. The first-order valence-corrected chi connectivity index (χ1v) is 9.47. The molecule has 4 rings (SSSR count). The van der Waals surface area contributed by atoms with Crippen molar-refractivity contribution < 1.29 is 13.9 Å². The second-order valence-electron chi connectivity index (χ2n) is 7.59. The minimum atomic E-state index is -0.797. The molecule has 1 fully saturated rings. The summed E-state index contributed by atoms with van der Waals surface area (Å²) in [6.45, 7) is 6.71. The molecule has 28 heavy (non-hydrogen) atoms. The topological polar surface area (TPSA) is 57.4 Å². The van der Waals surface area contributed by atoms with Crippen molar-refractivity contribution in [2.75, 3.05) is 36.5 Å². The van der Waals surface area contributed by atoms with Crippen LogP contribution < -0.4 is 10.2 Å². The van der Waals surface area contributed by atoms with E-state index in [-0.39, 0.29) is 11.7 Å². The molecule has 0 unspecified atom stereocenters. The van der Waals surface area contributed by atoms with Gasteiger partial charge in [0, 0.05) is 30.2 Å². The molecule has 2 heterocycles. The molecule has 146 valence electrons. The van der Waals surface area contributed by atoms with Crippen LogP contribution in [0.15, 0.2) is 48.7 Å². The number of amides is 1. The van der Waals surface area contributed by atoms with Gasteiger partial charge in [0.2, 0.25) is 5.91 Å². The fourth-order valence-electron chi connectivity index (χ4n) is 3.68. The summed E-state index contributed by atoms with van der Waals surface area (Å²) in [6.07, 6.45) is 1.79. The molecule has 0 atom stereocenters. The number of nitrogens with zero attached hydrogens (tertiary/aromatic N) is 1. The Balaban J connectivity index is 1.62. The summed E-state index contributed by atoms with van der Waals surface area (Å²) in [6, 6.07) is 12.4. The van der Waals surface area contributed by atoms with E-state index in [0.29, 0.717) is 18.7 Å². The van der Waals surface area contributed by atoms with Gasteiger partial charge in [0.15, 0.2) is 0 Å². The van der Waals surface area contributed by atoms with Gasteiger partial charge < -0.3 is 19.9 Å². The second-order valence-corrected chi connectivity index (χ2v) is 7.59. The van der Waals surface area contributed by atoms with Crippen LogP contribution in [0.1, 0.15) is 19.4 Å². The number of halogens is 1. The van der Waals surface area contributed by atoms with Gasteiger partial charge in [-0.1, -0.05) is 12.1 Å². The van der Waals surface area contributed by atoms with Crippen LogP contribution in [0.3, 0.4) is 0 Å². The number of ether oxygens (including phenoxy) is 1. The molecule has 0 spiro atoms. The maximum absolute atomic E-state index is 13.5. The number of benzene rings is 2. The molecule has 0 bridgehead atoms. The second kappa shape index (κ2) is 7.28. The maximum atomic E-state index is 13.5. The number of aromatic amines is 1. The van der Waals surface area contributed by atoms with Gasteiger partial charge in [0.1, 0.15) is 5.82 Å². The fourth-order valence-corrected chi connectivity index (χ4v) is 3.68. The number of morpholine rings is 1. The van der Waals surface area contributed by atoms with Crippen molar-refractivity contribution >= 4 is 28.2 Å². The molecule has 1 amide bonds. The number of carbonyl (C=O) groups is 1. The lowest BCUT2D eigenvalue weighted by atomic mass is 9.83. The van der Waals surface area contributed by atoms with E-state index in [1.165, 1.54) is 12.1 Å². The highest BCUT2D eigenvalue weighted by Gasteiger charge is 2.33. The van der Waals surface area contributed by atoms with Crippen molar-refractivity contribution in [3.8, 4) is 0 Å². The average Bonchev–Trinajstić information content (AvgIpc) is 3.13. The van der Waals surface area contributed by atoms with Crippen molar-refractivity contribution in [3.63, 3.8) is 0 Å². The highest BCUT2D eigenvalue weighted by Crippen LogP contribution is 2.33. The highest BCUT2D eigenvalue weighted by molar-refractivity contribution is 6.03. The standard InChI is InChI=1S/C22H24FN3O2/c1-22(2,17-14-24-19-13-15(23)7-8-16(17)19)21(27)25-18-5-3-4-6-20(18)26-9-11-28-12-10-26/h3-8,13-14,24H,9-12H2,1-2H3,(H,25,27). The fraction of sp³-hybridized carbons (Fsp3) is 0.318. The normalized spacial score (nSPS) is 15.0. The number of nitrogens with one attached hydrogen (secondary N) is 2. The molecule has 2 aromatic carbocycles. The van der Waals surface area contributed by atoms with Crippen LogP contribution in [0.4, 0.5) is 15.8 Å². The van der Waals surface area contributed by atoms with Crippen LogP contribution in [0.25, 0.3) is 10.9 Å². The lowest BCUT2D eigenvalue weighted by molar-refractivity contribution is -0.120. The number of hydrogen-bond donors (Lipinski definition) is 2. The zero-order chi connectivity index (χ0) is 19.7. The Bertz CT molecular complexity index is 1010. The summed E-state index contributed by atoms with van der Waals surface area (Å²) < 4.78 is 18.9. The van der Waals surface area contributed by atoms with Gasteiger partial charge in [-0.3, -0.25) is 4.79 Å². The largest absolute Gasteiger partial charge is 0.378 e. The molecular formula is C22H24FN3O2. The first kappa shape index (κ1) is 18.5. The van der Waals surface area contributed by atoms with Gasteiger partial charge in [-0.15, -0.1) is 0 Å². The van der Waals surface area contributed by atoms with Crippen molar-refractivity contribution in [1.82, 2.24) is 4.98 Å². The number of rotatable bonds is 4. The highest BCUT2D eigenvalue weighted by atomic mass is 19.1. The Hall–Kier alpha value is -2.86. The molecule has 1 aliphatic rings. The summed E-state index contributed by atoms with van der Waals surface area (Å²) >= 11 is 0. The molecule has 1 saturated heterocycles. The van der Waals surface area contributed by atoms with E-state index in [1.54, 1.807) is 12.3 Å². The summed E-state index contributed by atoms with van der Waals surface area (Å²) in [5, 5.41) is 3.95. The van der Waals surface area contributed by atoms with Crippen molar-refractivity contribution in [1.29, 1.82) is 0 Å². The van der Waals surface area contributed by atoms with Crippen molar-refractivity contribution in [3.05, 3.63) is 60.0 Å². The van der Waals surface area contributed by atoms with Gasteiger partial charge in [0.25, 0.3) is 0 Å². The van der Waals surface area contributed by atoms with Crippen LogP contribution in [0.2, 0.25) is 0 Å². The van der Waals surface area contributed by atoms with Gasteiger partial charge in [-0.05, 0) is 49.7 Å². The third-order valence-electron chi connectivity index (χ3n) is 5.39. The molecule has 6 heteroatoms. The number of carbonyl (C=O) groups excluding carboxylic acids is 1. The number of hydrogen-bond acceptors (Lipinski definition) is 3. The molecule has 1 aliphatic heterocycles. The quantitative estimate of drug-likeness (QED) is 0.717. The minimum Gasteiger partial charge on any atom is -0.378 e. The molecule has 1 aromatic heterocycles. The molecular weight excluding hydrogens is 357 g/mol. The number of anilines is 2. The van der Waals surface area contributed by atoms with Gasteiger partial charge >= 0.3 is 0 Å². The monoisotopic (exact) mass is 381 g/mol. The van der Waals surface area contributed by atoms with Crippen LogP contribution in [-0.4, -0.2) is 37.2 Å². The summed E-state index contributed by atoms with van der Waals surface area (Å²) in [5.41, 5.74) is 2.51. The Morgan fingerprint density at radius 2 is 1.93 bits per heavy atom. The third-order valence-corrected chi connectivity index (χ3v) is 5.39. The summed E-state index contributed by atoms with van der Waals surface area (Å²) in [7, 11) is 0. The first-order valence-electron chi connectivity index (χ1n) is 9.47. The smallest absolute Gasteiger partial charge is 0.234 e. The van der Waals surface area contributed by atoms with Crippen LogP contribution in [-0.2, 0) is 14.9 Å². The molecule has 5 nitrogen and oxygen atoms in total. The minimum absolute atomic E-state index is 0.113. The first-order chi connectivity index (χ1) is 13.5. The molecule has 0 saturated carbocycles. The zero-order valence-electron chi connectivity index (χ0n) is 16.1. The zero-order valence-corrected chi connectivity index (χ0v) is 16.1. The van der Waals surface area contributed by atoms with Gasteiger partial charge in [0.05, 0.1) is 30.0 Å². The Morgan fingerprint density at radius 3 is 2.71 bits per heavy atom. The van der Waals surface area contributed by atoms with E-state index in [9.17, 15) is 9.18 Å². The molecule has 3 aromatic rings. The predicted molar refractivity (Wildman–Crippen MR) is 109 cm³/mol. The van der Waals surface area contributed by atoms with E-state index in [4.69, 9.17) is 4.74 Å². The van der Waals surface area contributed by atoms with Crippen molar-refractivity contribution in [2.24, 2.45) is 0 Å². The number of para-hydroxylation sites is 2. The lowest BCUT2D eigenvalue weighted by Crippen LogP contribution is -2.38. The summed E-state index contributed by atoms with van der Waals surface area (Å²) in [5.74, 6) is -0.416. The van der Waals surface area contributed by atoms with E-state index in [2.05, 4.69) is 15.2 Å². The Morgan fingerprint density at radius 1 is 1.18 bits per heavy atom. The molecule has 0 aliphatic carbocycles. The van der Waals surface area contributed by atoms with E-state index in [1.807, 2.05) is 38.1 Å². The number of fused-ring (bicyclic) bond motifs is 1. The third kappa shape index (κ3) is 3.36. The predicted octanol–water partition coefficient (Wildman–Crippen LogP) is 4.06. The van der Waals surface area contributed by atoms with Gasteiger partial charge in [-0.2, -0.15) is 0 Å². The maximum Gasteiger partial charge on any atom is 0.234 e. The van der Waals surface area contributed by atoms with Gasteiger partial charge in [-0.25, -0.2) is 4.39 Å². The number of H-pyrrole nitrogens is 1. The summed E-state index contributed by atoms with van der Waals surface area (Å²) in [4.78, 5) is 18.5. The number of aromatic nitrogens is 1. The lowest BCUT2D eigenvalue weighted by Gasteiger charge is -2.31. The van der Waals surface area contributed by atoms with Crippen LogP contribution in [0, 0.1) is 5.82 Å². The van der Waals surface area contributed by atoms with Crippen LogP contribution >= 0.6 is 0 Å². The van der Waals surface area contributed by atoms with E-state index < -0.39 is 5.41 Å². The van der Waals surface area contributed by atoms with Crippen molar-refractivity contribution in [2.45, 2.75) is 19.3 Å². The van der Waals surface area contributed by atoms with E-state index >= 15 is 0 Å². The van der Waals surface area contributed by atoms with Crippen LogP contribution in [0.5, 0.6) is 0 Å². The molecule has 0 radical (unpaired) electrons. The Kier molecular flexibility index (Phi) is 4.81. The Labute approximate surface area is 163 Å². The van der Waals surface area contributed by atoms with E-state index in [0.717, 1.165) is 35.4 Å². The average molecular weight is 381 g/mol.